The Hall–Kier alpha value is -1.18. The van der Waals surface area contributed by atoms with E-state index in [2.05, 4.69) is 63.9 Å². The van der Waals surface area contributed by atoms with Gasteiger partial charge in [0.2, 0.25) is 0 Å². The number of rotatable bonds is 7. The molecule has 0 saturated carbocycles. The van der Waals surface area contributed by atoms with Crippen molar-refractivity contribution in [3.05, 3.63) is 29.3 Å². The van der Waals surface area contributed by atoms with Gasteiger partial charge in [-0.05, 0) is 83.4 Å². The molecule has 1 saturated heterocycles. The summed E-state index contributed by atoms with van der Waals surface area (Å²) in [6.45, 7) is 14.8. The maximum atomic E-state index is 12.1. The van der Waals surface area contributed by atoms with E-state index in [-0.39, 0.29) is 17.5 Å². The second-order valence-corrected chi connectivity index (χ2v) is 11.2. The van der Waals surface area contributed by atoms with Crippen LogP contribution in [0.2, 0.25) is 0 Å². The van der Waals surface area contributed by atoms with Gasteiger partial charge in [-0.1, -0.05) is 6.07 Å². The number of aryl methyl sites for hydroxylation is 2. The van der Waals surface area contributed by atoms with Crippen LogP contribution < -0.4 is 10.2 Å². The Morgan fingerprint density at radius 2 is 1.86 bits per heavy atom. The van der Waals surface area contributed by atoms with Crippen LogP contribution in [-0.2, 0) is 9.84 Å². The summed E-state index contributed by atoms with van der Waals surface area (Å²) in [6.07, 6.45) is 0.649. The Bertz CT molecular complexity index is 783. The van der Waals surface area contributed by atoms with Crippen LogP contribution in [0.15, 0.2) is 18.2 Å². The van der Waals surface area contributed by atoms with Gasteiger partial charge in [-0.25, -0.2) is 8.42 Å². The molecule has 2 rings (SSSR count). The molecule has 158 valence electrons. The number of thiocarbonyl (C=S) groups is 1. The standard InChI is InChI=1S/C21H35N3O2S2/c1-15(2)23(16(3)4)10-11-24(20-9-12-28(25,26)14-20)21(27)22-19-8-7-17(5)18(6)13-19/h7-8,13,15-16,20H,9-12,14H2,1-6H3,(H,22,27)/p+1/t20-/m0/s1. The molecule has 2 N–H and O–H groups in total. The van der Waals surface area contributed by atoms with E-state index in [1.165, 1.54) is 16.0 Å². The fraction of sp³-hybridized carbons (Fsp3) is 0.667. The molecule has 0 amide bonds. The van der Waals surface area contributed by atoms with Crippen molar-refractivity contribution in [2.45, 2.75) is 66.1 Å². The fourth-order valence-electron chi connectivity index (χ4n) is 3.98. The third-order valence-electron chi connectivity index (χ3n) is 5.79. The van der Waals surface area contributed by atoms with Gasteiger partial charge in [0.05, 0.1) is 36.7 Å². The number of hydrogen-bond donors (Lipinski definition) is 2. The number of benzene rings is 1. The molecule has 0 radical (unpaired) electrons. The topological polar surface area (TPSA) is 53.9 Å². The summed E-state index contributed by atoms with van der Waals surface area (Å²) in [4.78, 5) is 3.61. The summed E-state index contributed by atoms with van der Waals surface area (Å²) in [5, 5.41) is 3.97. The van der Waals surface area contributed by atoms with Gasteiger partial charge in [0.1, 0.15) is 0 Å². The van der Waals surface area contributed by atoms with E-state index in [1.54, 1.807) is 0 Å². The molecule has 28 heavy (non-hydrogen) atoms. The number of quaternary nitrogens is 1. The Balaban J connectivity index is 2.17. The molecule has 0 aliphatic carbocycles. The lowest BCUT2D eigenvalue weighted by Gasteiger charge is -2.34. The molecule has 0 unspecified atom stereocenters. The number of anilines is 1. The Labute approximate surface area is 176 Å². The summed E-state index contributed by atoms with van der Waals surface area (Å²) >= 11 is 5.74. The van der Waals surface area contributed by atoms with Crippen molar-refractivity contribution in [1.29, 1.82) is 0 Å². The summed E-state index contributed by atoms with van der Waals surface area (Å²) in [5.74, 6) is 0.450. The molecule has 1 heterocycles. The van der Waals surface area contributed by atoms with Gasteiger partial charge >= 0.3 is 0 Å². The van der Waals surface area contributed by atoms with Crippen molar-refractivity contribution in [1.82, 2.24) is 4.90 Å². The number of hydrogen-bond acceptors (Lipinski definition) is 3. The van der Waals surface area contributed by atoms with E-state index >= 15 is 0 Å². The van der Waals surface area contributed by atoms with Crippen molar-refractivity contribution in [2.75, 3.05) is 29.9 Å². The first-order valence-electron chi connectivity index (χ1n) is 10.2. The zero-order valence-electron chi connectivity index (χ0n) is 18.1. The minimum absolute atomic E-state index is 0.0443. The zero-order chi connectivity index (χ0) is 21.1. The van der Waals surface area contributed by atoms with Gasteiger partial charge < -0.3 is 15.1 Å². The van der Waals surface area contributed by atoms with Crippen molar-refractivity contribution in [3.63, 3.8) is 0 Å². The Morgan fingerprint density at radius 1 is 1.21 bits per heavy atom. The lowest BCUT2D eigenvalue weighted by Crippen LogP contribution is -3.18. The molecule has 1 atom stereocenters. The maximum Gasteiger partial charge on any atom is 0.173 e. The molecule has 1 aromatic rings. The van der Waals surface area contributed by atoms with Crippen LogP contribution in [0, 0.1) is 13.8 Å². The van der Waals surface area contributed by atoms with Crippen molar-refractivity contribution >= 4 is 32.9 Å². The van der Waals surface area contributed by atoms with Crippen LogP contribution in [0.1, 0.15) is 45.2 Å². The molecule has 5 nitrogen and oxygen atoms in total. The van der Waals surface area contributed by atoms with Gasteiger partial charge in [0, 0.05) is 11.7 Å². The van der Waals surface area contributed by atoms with Crippen molar-refractivity contribution < 1.29 is 13.3 Å². The smallest absolute Gasteiger partial charge is 0.173 e. The van der Waals surface area contributed by atoms with Crippen LogP contribution >= 0.6 is 12.2 Å². The van der Waals surface area contributed by atoms with Crippen molar-refractivity contribution in [2.24, 2.45) is 0 Å². The molecule has 1 aliphatic rings. The van der Waals surface area contributed by atoms with Crippen LogP contribution in [-0.4, -0.2) is 61.2 Å². The third-order valence-corrected chi connectivity index (χ3v) is 7.88. The Morgan fingerprint density at radius 3 is 2.36 bits per heavy atom. The summed E-state index contributed by atoms with van der Waals surface area (Å²) in [7, 11) is -2.97. The molecular formula is C21H36N3O2S2+. The zero-order valence-corrected chi connectivity index (χ0v) is 19.7. The van der Waals surface area contributed by atoms with Crippen LogP contribution in [0.5, 0.6) is 0 Å². The summed E-state index contributed by atoms with van der Waals surface area (Å²) in [6, 6.07) is 7.17. The molecular weight excluding hydrogens is 390 g/mol. The highest BCUT2D eigenvalue weighted by Gasteiger charge is 2.34. The second kappa shape index (κ2) is 9.55. The van der Waals surface area contributed by atoms with E-state index in [0.717, 1.165) is 18.8 Å². The van der Waals surface area contributed by atoms with Crippen molar-refractivity contribution in [3.8, 4) is 0 Å². The molecule has 1 aromatic carbocycles. The molecule has 7 heteroatoms. The average molecular weight is 427 g/mol. The van der Waals surface area contributed by atoms with E-state index < -0.39 is 9.84 Å². The van der Waals surface area contributed by atoms with Gasteiger partial charge in [-0.2, -0.15) is 0 Å². The van der Waals surface area contributed by atoms with E-state index in [0.29, 0.717) is 23.6 Å². The first-order chi connectivity index (χ1) is 13.0. The van der Waals surface area contributed by atoms with E-state index in [1.807, 2.05) is 6.07 Å². The first kappa shape index (κ1) is 23.1. The van der Waals surface area contributed by atoms with Gasteiger partial charge in [0.25, 0.3) is 0 Å². The monoisotopic (exact) mass is 426 g/mol. The third kappa shape index (κ3) is 6.16. The largest absolute Gasteiger partial charge is 0.339 e. The normalized spacial score (nSPS) is 18.8. The first-order valence-corrected chi connectivity index (χ1v) is 12.4. The SMILES string of the molecule is Cc1ccc(NC(=S)N(CC[NH+](C(C)C)C(C)C)[C@H]2CCS(=O)(=O)C2)cc1C. The molecule has 1 aliphatic heterocycles. The highest BCUT2D eigenvalue weighted by atomic mass is 32.2. The molecule has 1 fully saturated rings. The number of sulfone groups is 1. The second-order valence-electron chi connectivity index (χ2n) is 8.61. The lowest BCUT2D eigenvalue weighted by molar-refractivity contribution is -0.941. The lowest BCUT2D eigenvalue weighted by atomic mass is 10.1. The van der Waals surface area contributed by atoms with Gasteiger partial charge in [0.15, 0.2) is 14.9 Å². The number of nitrogens with one attached hydrogen (secondary N) is 2. The van der Waals surface area contributed by atoms with Gasteiger partial charge in [-0.3, -0.25) is 0 Å². The highest BCUT2D eigenvalue weighted by Crippen LogP contribution is 2.20. The van der Waals surface area contributed by atoms with Crippen LogP contribution in [0.3, 0.4) is 0 Å². The predicted octanol–water partition coefficient (Wildman–Crippen LogP) is 2.19. The summed E-state index contributed by atoms with van der Waals surface area (Å²) in [5.41, 5.74) is 3.40. The Kier molecular flexibility index (Phi) is 7.88. The molecule has 0 spiro atoms. The van der Waals surface area contributed by atoms with Gasteiger partial charge in [-0.15, -0.1) is 0 Å². The average Bonchev–Trinajstić information content (AvgIpc) is 2.93. The molecule has 0 bridgehead atoms. The van der Waals surface area contributed by atoms with E-state index in [9.17, 15) is 8.42 Å². The van der Waals surface area contributed by atoms with Crippen LogP contribution in [0.25, 0.3) is 0 Å². The minimum atomic E-state index is -2.97. The maximum absolute atomic E-state index is 12.1. The predicted molar refractivity (Wildman–Crippen MR) is 122 cm³/mol. The highest BCUT2D eigenvalue weighted by molar-refractivity contribution is 7.91. The minimum Gasteiger partial charge on any atom is -0.339 e. The van der Waals surface area contributed by atoms with E-state index in [4.69, 9.17) is 12.2 Å². The summed E-state index contributed by atoms with van der Waals surface area (Å²) < 4.78 is 24.1. The number of nitrogens with zero attached hydrogens (tertiary/aromatic N) is 1. The fourth-order valence-corrected chi connectivity index (χ4v) is 6.07. The molecule has 0 aromatic heterocycles. The quantitative estimate of drug-likeness (QED) is 0.655. The van der Waals surface area contributed by atoms with Crippen LogP contribution in [0.4, 0.5) is 5.69 Å².